The number of aromatic nitrogens is 3. The number of aromatic amines is 2. The van der Waals surface area contributed by atoms with Gasteiger partial charge < -0.3 is 9.88 Å². The van der Waals surface area contributed by atoms with Gasteiger partial charge in [0.2, 0.25) is 15.9 Å². The minimum atomic E-state index is -3.58. The minimum absolute atomic E-state index is 0.00479. The van der Waals surface area contributed by atoms with E-state index >= 15 is 0 Å². The number of carbonyl (C=O) groups excluding carboxylic acids is 1. The van der Waals surface area contributed by atoms with E-state index < -0.39 is 10.0 Å². The molecule has 3 rings (SSSR count). The van der Waals surface area contributed by atoms with Gasteiger partial charge in [0.15, 0.2) is 0 Å². The molecule has 24 heavy (non-hydrogen) atoms. The van der Waals surface area contributed by atoms with Crippen LogP contribution in [0.2, 0.25) is 0 Å². The highest BCUT2D eigenvalue weighted by molar-refractivity contribution is 7.89. The van der Waals surface area contributed by atoms with E-state index in [9.17, 15) is 13.2 Å². The van der Waals surface area contributed by atoms with Gasteiger partial charge in [0.05, 0.1) is 17.8 Å². The third-order valence-corrected chi connectivity index (χ3v) is 6.42. The molecule has 1 fully saturated rings. The molecular formula is C15H21N5O3S. The summed E-state index contributed by atoms with van der Waals surface area (Å²) in [5, 5.41) is 6.67. The van der Waals surface area contributed by atoms with Gasteiger partial charge in [-0.2, -0.15) is 9.40 Å². The fourth-order valence-electron chi connectivity index (χ4n) is 2.98. The molecule has 0 saturated carbocycles. The maximum absolute atomic E-state index is 12.8. The molecule has 0 unspecified atom stereocenters. The van der Waals surface area contributed by atoms with Crippen LogP contribution in [0.25, 0.3) is 0 Å². The number of hydrogen-bond donors (Lipinski definition) is 2. The number of aryl methyl sites for hydroxylation is 2. The summed E-state index contributed by atoms with van der Waals surface area (Å²) >= 11 is 0. The molecule has 8 nitrogen and oxygen atoms in total. The first-order valence-corrected chi connectivity index (χ1v) is 9.25. The Balaban J connectivity index is 1.65. The summed E-state index contributed by atoms with van der Waals surface area (Å²) in [6.45, 7) is 4.75. The molecule has 1 saturated heterocycles. The highest BCUT2D eigenvalue weighted by atomic mass is 32.2. The van der Waals surface area contributed by atoms with Crippen molar-refractivity contribution in [1.29, 1.82) is 0 Å². The van der Waals surface area contributed by atoms with Crippen LogP contribution < -0.4 is 0 Å². The fraction of sp³-hybridized carbons (Fsp3) is 0.467. The SMILES string of the molecule is Cc1n[nH]c(C)c1S(=O)(=O)N1CCN(C(=O)Cc2ccc[nH]2)CC1. The molecule has 1 aliphatic heterocycles. The highest BCUT2D eigenvalue weighted by Gasteiger charge is 2.33. The third-order valence-electron chi connectivity index (χ3n) is 4.25. The number of H-pyrrole nitrogens is 2. The summed E-state index contributed by atoms with van der Waals surface area (Å²) in [4.78, 5) is 17.2. The van der Waals surface area contributed by atoms with Crippen molar-refractivity contribution in [3.05, 3.63) is 35.4 Å². The van der Waals surface area contributed by atoms with Gasteiger partial charge in [-0.25, -0.2) is 8.42 Å². The number of nitrogens with one attached hydrogen (secondary N) is 2. The molecule has 2 N–H and O–H groups in total. The summed E-state index contributed by atoms with van der Waals surface area (Å²) in [6, 6.07) is 3.71. The number of sulfonamides is 1. The Hall–Kier alpha value is -2.13. The lowest BCUT2D eigenvalue weighted by Crippen LogP contribution is -2.51. The minimum Gasteiger partial charge on any atom is -0.365 e. The van der Waals surface area contributed by atoms with Gasteiger partial charge in [0.1, 0.15) is 4.90 Å². The van der Waals surface area contributed by atoms with E-state index in [1.54, 1.807) is 24.9 Å². The number of rotatable bonds is 4. The van der Waals surface area contributed by atoms with Crippen molar-refractivity contribution in [1.82, 2.24) is 24.4 Å². The van der Waals surface area contributed by atoms with E-state index in [1.807, 2.05) is 12.1 Å². The van der Waals surface area contributed by atoms with Gasteiger partial charge >= 0.3 is 0 Å². The van der Waals surface area contributed by atoms with Crippen LogP contribution in [-0.2, 0) is 21.2 Å². The smallest absolute Gasteiger partial charge is 0.246 e. The molecule has 2 aromatic heterocycles. The molecule has 3 heterocycles. The van der Waals surface area contributed by atoms with Crippen molar-refractivity contribution in [2.24, 2.45) is 0 Å². The molecule has 2 aromatic rings. The van der Waals surface area contributed by atoms with Crippen LogP contribution in [0.4, 0.5) is 0 Å². The van der Waals surface area contributed by atoms with Gasteiger partial charge in [0.25, 0.3) is 0 Å². The first kappa shape index (κ1) is 16.7. The van der Waals surface area contributed by atoms with Crippen LogP contribution in [0, 0.1) is 13.8 Å². The van der Waals surface area contributed by atoms with Gasteiger partial charge in [-0.1, -0.05) is 0 Å². The Bertz CT molecular complexity index is 798. The number of piperazine rings is 1. The van der Waals surface area contributed by atoms with E-state index in [-0.39, 0.29) is 10.8 Å². The average Bonchev–Trinajstić information content (AvgIpc) is 3.17. The molecule has 0 bridgehead atoms. The first-order chi connectivity index (χ1) is 11.4. The van der Waals surface area contributed by atoms with Crippen LogP contribution in [0.5, 0.6) is 0 Å². The maximum atomic E-state index is 12.8. The average molecular weight is 351 g/mol. The van der Waals surface area contributed by atoms with Crippen molar-refractivity contribution in [2.75, 3.05) is 26.2 Å². The van der Waals surface area contributed by atoms with E-state index in [4.69, 9.17) is 0 Å². The molecule has 0 spiro atoms. The molecule has 0 radical (unpaired) electrons. The van der Waals surface area contributed by atoms with Gasteiger partial charge in [-0.15, -0.1) is 0 Å². The lowest BCUT2D eigenvalue weighted by atomic mass is 10.2. The van der Waals surface area contributed by atoms with Crippen LogP contribution >= 0.6 is 0 Å². The molecular weight excluding hydrogens is 330 g/mol. The second-order valence-electron chi connectivity index (χ2n) is 5.92. The van der Waals surface area contributed by atoms with Gasteiger partial charge in [-0.3, -0.25) is 9.89 Å². The number of nitrogens with zero attached hydrogens (tertiary/aromatic N) is 3. The van der Waals surface area contributed by atoms with Gasteiger partial charge in [0, 0.05) is 38.1 Å². The zero-order chi connectivity index (χ0) is 17.3. The zero-order valence-corrected chi connectivity index (χ0v) is 14.6. The van der Waals surface area contributed by atoms with E-state index in [0.29, 0.717) is 44.0 Å². The lowest BCUT2D eigenvalue weighted by molar-refractivity contribution is -0.131. The second-order valence-corrected chi connectivity index (χ2v) is 7.79. The summed E-state index contributed by atoms with van der Waals surface area (Å²) < 4.78 is 27.0. The first-order valence-electron chi connectivity index (χ1n) is 7.81. The molecule has 9 heteroatoms. The Morgan fingerprint density at radius 3 is 2.50 bits per heavy atom. The number of carbonyl (C=O) groups is 1. The lowest BCUT2D eigenvalue weighted by Gasteiger charge is -2.34. The maximum Gasteiger partial charge on any atom is 0.246 e. The van der Waals surface area contributed by atoms with Gasteiger partial charge in [-0.05, 0) is 26.0 Å². The highest BCUT2D eigenvalue weighted by Crippen LogP contribution is 2.22. The molecule has 1 amide bonds. The summed E-state index contributed by atoms with van der Waals surface area (Å²) in [7, 11) is -3.58. The van der Waals surface area contributed by atoms with Crippen molar-refractivity contribution in [2.45, 2.75) is 25.2 Å². The Morgan fingerprint density at radius 1 is 1.25 bits per heavy atom. The normalized spacial score (nSPS) is 16.5. The standard InChI is InChI=1S/C15H21N5O3S/c1-11-15(12(2)18-17-11)24(22,23)20-8-6-19(7-9-20)14(21)10-13-4-3-5-16-13/h3-5,16H,6-10H2,1-2H3,(H,17,18). The molecule has 130 valence electrons. The Labute approximate surface area is 140 Å². The largest absolute Gasteiger partial charge is 0.365 e. The van der Waals surface area contributed by atoms with E-state index in [1.165, 1.54) is 4.31 Å². The topological polar surface area (TPSA) is 102 Å². The van der Waals surface area contributed by atoms with Crippen LogP contribution in [0.3, 0.4) is 0 Å². The molecule has 0 atom stereocenters. The fourth-order valence-corrected chi connectivity index (χ4v) is 4.73. The number of hydrogen-bond acceptors (Lipinski definition) is 4. The molecule has 0 aromatic carbocycles. The monoisotopic (exact) mass is 351 g/mol. The Morgan fingerprint density at radius 2 is 1.96 bits per heavy atom. The number of amides is 1. The quantitative estimate of drug-likeness (QED) is 0.834. The molecule has 0 aliphatic carbocycles. The van der Waals surface area contributed by atoms with Crippen molar-refractivity contribution >= 4 is 15.9 Å². The summed E-state index contributed by atoms with van der Waals surface area (Å²) in [6.07, 6.45) is 2.09. The zero-order valence-electron chi connectivity index (χ0n) is 13.7. The summed E-state index contributed by atoms with van der Waals surface area (Å²) in [5.74, 6) is 0.00479. The van der Waals surface area contributed by atoms with E-state index in [0.717, 1.165) is 5.69 Å². The van der Waals surface area contributed by atoms with Crippen molar-refractivity contribution in [3.63, 3.8) is 0 Å². The molecule has 1 aliphatic rings. The van der Waals surface area contributed by atoms with E-state index in [2.05, 4.69) is 15.2 Å². The second kappa shape index (κ2) is 6.40. The van der Waals surface area contributed by atoms with Crippen molar-refractivity contribution < 1.29 is 13.2 Å². The Kier molecular flexibility index (Phi) is 4.46. The van der Waals surface area contributed by atoms with Crippen LogP contribution in [0.15, 0.2) is 23.2 Å². The van der Waals surface area contributed by atoms with Crippen molar-refractivity contribution in [3.8, 4) is 0 Å². The predicted molar refractivity (Wildman–Crippen MR) is 87.9 cm³/mol. The van der Waals surface area contributed by atoms with Crippen LogP contribution in [-0.4, -0.2) is 64.9 Å². The van der Waals surface area contributed by atoms with Crippen LogP contribution in [0.1, 0.15) is 17.1 Å². The predicted octanol–water partition coefficient (Wildman–Crippen LogP) is 0.430. The summed E-state index contributed by atoms with van der Waals surface area (Å²) in [5.41, 5.74) is 1.87. The third kappa shape index (κ3) is 3.09.